The molecule has 6 nitrogen and oxygen atoms in total. The maximum atomic E-state index is 12.1. The van der Waals surface area contributed by atoms with Crippen molar-refractivity contribution in [2.24, 2.45) is 0 Å². The van der Waals surface area contributed by atoms with Gasteiger partial charge in [-0.2, -0.15) is 0 Å². The topological polar surface area (TPSA) is 78.9 Å². The lowest BCUT2D eigenvalue weighted by molar-refractivity contribution is -0.144. The third-order valence-electron chi connectivity index (χ3n) is 3.91. The average molecular weight is 399 g/mol. The van der Waals surface area contributed by atoms with Gasteiger partial charge in [0.05, 0.1) is 0 Å². The van der Waals surface area contributed by atoms with E-state index in [0.29, 0.717) is 25.9 Å². The third-order valence-corrected chi connectivity index (χ3v) is 4.43. The fourth-order valence-corrected chi connectivity index (χ4v) is 2.86. The molecule has 132 valence electrons. The Balaban J connectivity index is 2.05. The summed E-state index contributed by atoms with van der Waals surface area (Å²) in [5, 5.41) is 12.8. The Morgan fingerprint density at radius 2 is 1.75 bits per heavy atom. The first-order valence-electron chi connectivity index (χ1n) is 7.86. The summed E-state index contributed by atoms with van der Waals surface area (Å²) in [4.78, 5) is 25.5. The molecule has 1 saturated heterocycles. The molecule has 0 unspecified atom stereocenters. The van der Waals surface area contributed by atoms with E-state index in [2.05, 4.69) is 21.2 Å². The quantitative estimate of drug-likeness (QED) is 0.810. The van der Waals surface area contributed by atoms with Crippen LogP contribution in [0.1, 0.15) is 33.6 Å². The number of hydrogen-bond acceptors (Lipinski definition) is 4. The Hall–Kier alpha value is -1.76. The molecule has 24 heavy (non-hydrogen) atoms. The van der Waals surface area contributed by atoms with Gasteiger partial charge in [-0.05, 0) is 57.9 Å². The van der Waals surface area contributed by atoms with E-state index < -0.39 is 23.2 Å². The summed E-state index contributed by atoms with van der Waals surface area (Å²) in [7, 11) is 0. The van der Waals surface area contributed by atoms with Gasteiger partial charge < -0.3 is 20.1 Å². The largest absolute Gasteiger partial charge is 0.480 e. The van der Waals surface area contributed by atoms with E-state index in [4.69, 9.17) is 4.74 Å². The molecule has 0 radical (unpaired) electrons. The van der Waals surface area contributed by atoms with Gasteiger partial charge in [0.15, 0.2) is 0 Å². The molecule has 0 spiro atoms. The van der Waals surface area contributed by atoms with Gasteiger partial charge in [0, 0.05) is 23.2 Å². The first-order chi connectivity index (χ1) is 11.1. The Labute approximate surface area is 150 Å². The van der Waals surface area contributed by atoms with E-state index in [0.717, 1.165) is 10.2 Å². The molecule has 2 rings (SSSR count). The number of halogens is 1. The number of carboxylic acids is 1. The van der Waals surface area contributed by atoms with Crippen LogP contribution in [0.4, 0.5) is 10.5 Å². The second-order valence-corrected chi connectivity index (χ2v) is 7.90. The smallest absolute Gasteiger partial charge is 0.410 e. The summed E-state index contributed by atoms with van der Waals surface area (Å²) in [6, 6.07) is 7.37. The van der Waals surface area contributed by atoms with Crippen molar-refractivity contribution in [2.45, 2.75) is 44.8 Å². The molecular weight excluding hydrogens is 376 g/mol. The van der Waals surface area contributed by atoms with Crippen molar-refractivity contribution in [1.29, 1.82) is 0 Å². The van der Waals surface area contributed by atoms with Crippen molar-refractivity contribution in [3.05, 3.63) is 28.7 Å². The number of nitrogens with zero attached hydrogens (tertiary/aromatic N) is 1. The highest BCUT2D eigenvalue weighted by molar-refractivity contribution is 9.10. The molecule has 7 heteroatoms. The molecule has 1 heterocycles. The first-order valence-corrected chi connectivity index (χ1v) is 8.66. The predicted octanol–water partition coefficient (Wildman–Crippen LogP) is 3.72. The summed E-state index contributed by atoms with van der Waals surface area (Å²) in [6.07, 6.45) is 0.236. The number of likely N-dealkylation sites (tertiary alicyclic amines) is 1. The van der Waals surface area contributed by atoms with Gasteiger partial charge in [0.25, 0.3) is 0 Å². The van der Waals surface area contributed by atoms with Crippen molar-refractivity contribution >= 4 is 33.7 Å². The Bertz CT molecular complexity index is 602. The van der Waals surface area contributed by atoms with Crippen LogP contribution in [0, 0.1) is 0 Å². The number of hydrogen-bond donors (Lipinski definition) is 2. The van der Waals surface area contributed by atoms with E-state index in [-0.39, 0.29) is 0 Å². The summed E-state index contributed by atoms with van der Waals surface area (Å²) in [5.41, 5.74) is -0.896. The maximum absolute atomic E-state index is 12.1. The lowest BCUT2D eigenvalue weighted by Crippen LogP contribution is -2.55. The Morgan fingerprint density at radius 3 is 2.21 bits per heavy atom. The van der Waals surface area contributed by atoms with E-state index in [1.165, 1.54) is 0 Å². The zero-order chi connectivity index (χ0) is 18.0. The van der Waals surface area contributed by atoms with Gasteiger partial charge in [-0.1, -0.05) is 15.9 Å². The second kappa shape index (κ2) is 7.01. The number of ether oxygens (including phenoxy) is 1. The average Bonchev–Trinajstić information content (AvgIpc) is 2.48. The number of carboxylic acid groups (broad SMARTS) is 1. The van der Waals surface area contributed by atoms with Crippen molar-refractivity contribution in [3.8, 4) is 0 Å². The van der Waals surface area contributed by atoms with Gasteiger partial charge in [0.2, 0.25) is 0 Å². The molecule has 0 bridgehead atoms. The highest BCUT2D eigenvalue weighted by atomic mass is 79.9. The van der Waals surface area contributed by atoms with Crippen LogP contribution in [0.25, 0.3) is 0 Å². The molecule has 0 atom stereocenters. The number of benzene rings is 1. The standard InChI is InChI=1S/C17H23BrN2O4/c1-16(2,3)24-15(23)20-10-8-17(9-11-20,14(21)22)19-13-6-4-12(18)5-7-13/h4-7,19H,8-11H2,1-3H3,(H,21,22). The summed E-state index contributed by atoms with van der Waals surface area (Å²) in [5.74, 6) is -0.908. The van der Waals surface area contributed by atoms with Crippen LogP contribution < -0.4 is 5.32 Å². The van der Waals surface area contributed by atoms with Gasteiger partial charge in [0.1, 0.15) is 11.1 Å². The molecule has 0 aliphatic carbocycles. The number of amides is 1. The molecule has 1 aliphatic rings. The van der Waals surface area contributed by atoms with Crippen molar-refractivity contribution in [3.63, 3.8) is 0 Å². The highest BCUT2D eigenvalue weighted by Crippen LogP contribution is 2.29. The summed E-state index contributed by atoms with van der Waals surface area (Å²) in [6.45, 7) is 6.11. The highest BCUT2D eigenvalue weighted by Gasteiger charge is 2.43. The SMILES string of the molecule is CC(C)(C)OC(=O)N1CCC(Nc2ccc(Br)cc2)(C(=O)O)CC1. The molecule has 2 N–H and O–H groups in total. The van der Waals surface area contributed by atoms with E-state index in [1.807, 2.05) is 45.0 Å². The zero-order valence-corrected chi connectivity index (χ0v) is 15.7. The summed E-state index contributed by atoms with van der Waals surface area (Å²) < 4.78 is 6.28. The first kappa shape index (κ1) is 18.6. The number of carbonyl (C=O) groups is 2. The lowest BCUT2D eigenvalue weighted by atomic mass is 9.87. The molecule has 1 aromatic rings. The predicted molar refractivity (Wildman–Crippen MR) is 95.2 cm³/mol. The van der Waals surface area contributed by atoms with Crippen LogP contribution in [-0.4, -0.2) is 46.3 Å². The zero-order valence-electron chi connectivity index (χ0n) is 14.1. The van der Waals surface area contributed by atoms with Crippen LogP contribution in [0.5, 0.6) is 0 Å². The molecule has 1 aliphatic heterocycles. The van der Waals surface area contributed by atoms with Crippen molar-refractivity contribution in [2.75, 3.05) is 18.4 Å². The molecule has 0 aromatic heterocycles. The van der Waals surface area contributed by atoms with Gasteiger partial charge in [-0.25, -0.2) is 9.59 Å². The number of aliphatic carboxylic acids is 1. The molecule has 1 amide bonds. The lowest BCUT2D eigenvalue weighted by Gasteiger charge is -2.40. The van der Waals surface area contributed by atoms with Crippen LogP contribution in [0.3, 0.4) is 0 Å². The number of piperidine rings is 1. The van der Waals surface area contributed by atoms with Crippen molar-refractivity contribution < 1.29 is 19.4 Å². The normalized spacial score (nSPS) is 17.2. The number of carbonyl (C=O) groups excluding carboxylic acids is 1. The summed E-state index contributed by atoms with van der Waals surface area (Å²) >= 11 is 3.36. The fraction of sp³-hybridized carbons (Fsp3) is 0.529. The van der Waals surface area contributed by atoms with Gasteiger partial charge >= 0.3 is 12.1 Å². The minimum atomic E-state index is -1.08. The van der Waals surface area contributed by atoms with Crippen LogP contribution in [0.2, 0.25) is 0 Å². The van der Waals surface area contributed by atoms with Crippen LogP contribution in [-0.2, 0) is 9.53 Å². The minimum Gasteiger partial charge on any atom is -0.480 e. The maximum Gasteiger partial charge on any atom is 0.410 e. The van der Waals surface area contributed by atoms with Gasteiger partial charge in [-0.3, -0.25) is 0 Å². The van der Waals surface area contributed by atoms with Crippen LogP contribution in [0.15, 0.2) is 28.7 Å². The fourth-order valence-electron chi connectivity index (χ4n) is 2.60. The van der Waals surface area contributed by atoms with Crippen molar-refractivity contribution in [1.82, 2.24) is 4.90 Å². The molecule has 1 fully saturated rings. The number of nitrogens with one attached hydrogen (secondary N) is 1. The monoisotopic (exact) mass is 398 g/mol. The minimum absolute atomic E-state index is 0.317. The molecule has 1 aromatic carbocycles. The van der Waals surface area contributed by atoms with E-state index in [9.17, 15) is 14.7 Å². The number of anilines is 1. The second-order valence-electron chi connectivity index (χ2n) is 6.99. The molecule has 0 saturated carbocycles. The molecular formula is C17H23BrN2O4. The van der Waals surface area contributed by atoms with Gasteiger partial charge in [-0.15, -0.1) is 0 Å². The Morgan fingerprint density at radius 1 is 1.21 bits per heavy atom. The number of rotatable bonds is 3. The Kier molecular flexibility index (Phi) is 5.42. The third kappa shape index (κ3) is 4.63. The van der Waals surface area contributed by atoms with E-state index in [1.54, 1.807) is 4.90 Å². The van der Waals surface area contributed by atoms with E-state index >= 15 is 0 Å². The van der Waals surface area contributed by atoms with Crippen LogP contribution >= 0.6 is 15.9 Å².